The fraction of sp³-hybridized carbons (Fsp3) is 0.800. The van der Waals surface area contributed by atoms with Crippen LogP contribution in [0.5, 0.6) is 0 Å². The molecule has 4 rings (SSSR count). The number of carbonyl (C=O) groups is 1. The molecule has 2 atom stereocenters. The van der Waals surface area contributed by atoms with Gasteiger partial charge in [-0.25, -0.2) is 0 Å². The van der Waals surface area contributed by atoms with E-state index < -0.39 is 0 Å². The van der Waals surface area contributed by atoms with Crippen LogP contribution in [0.1, 0.15) is 44.1 Å². The molecule has 0 saturated carbocycles. The fourth-order valence-corrected chi connectivity index (χ4v) is 5.22. The molecule has 3 aliphatic rings. The Balaban J connectivity index is 1.45. The molecule has 1 aromatic rings. The van der Waals surface area contributed by atoms with E-state index in [9.17, 15) is 4.79 Å². The van der Waals surface area contributed by atoms with Crippen molar-refractivity contribution < 1.29 is 9.53 Å². The smallest absolute Gasteiger partial charge is 0.243 e. The maximum Gasteiger partial charge on any atom is 0.243 e. The Hall–Kier alpha value is -1.44. The fourth-order valence-electron chi connectivity index (χ4n) is 5.22. The third-order valence-electron chi connectivity index (χ3n) is 6.51. The Kier molecular flexibility index (Phi) is 5.53. The zero-order valence-corrected chi connectivity index (χ0v) is 16.7. The number of hydrogen-bond donors (Lipinski definition) is 1. The molecule has 3 saturated heterocycles. The highest BCUT2D eigenvalue weighted by atomic mass is 16.5. The zero-order valence-electron chi connectivity index (χ0n) is 16.7. The Morgan fingerprint density at radius 1 is 1.37 bits per heavy atom. The second-order valence-electron chi connectivity index (χ2n) is 8.57. The molecule has 0 aromatic carbocycles. The summed E-state index contributed by atoms with van der Waals surface area (Å²) in [5.41, 5.74) is 0.764. The molecule has 7 heteroatoms. The number of amides is 1. The summed E-state index contributed by atoms with van der Waals surface area (Å²) in [6, 6.07) is 0.937. The first kappa shape index (κ1) is 18.9. The summed E-state index contributed by atoms with van der Waals surface area (Å²) in [6.45, 7) is 4.36. The van der Waals surface area contributed by atoms with E-state index in [0.717, 1.165) is 64.0 Å². The van der Waals surface area contributed by atoms with E-state index in [-0.39, 0.29) is 11.4 Å². The minimum absolute atomic E-state index is 0.280. The van der Waals surface area contributed by atoms with E-state index >= 15 is 0 Å². The summed E-state index contributed by atoms with van der Waals surface area (Å²) in [5.74, 6) is 0.280. The third kappa shape index (κ3) is 3.91. The molecule has 0 bridgehead atoms. The van der Waals surface area contributed by atoms with Gasteiger partial charge < -0.3 is 15.0 Å². The lowest BCUT2D eigenvalue weighted by Gasteiger charge is -2.42. The van der Waals surface area contributed by atoms with Crippen LogP contribution < -0.4 is 5.32 Å². The number of ether oxygens (including phenoxy) is 1. The van der Waals surface area contributed by atoms with Crippen molar-refractivity contribution in [1.82, 2.24) is 24.9 Å². The second kappa shape index (κ2) is 7.89. The topological polar surface area (TPSA) is 62.6 Å². The molecule has 3 aliphatic heterocycles. The number of nitrogens with zero attached hydrogens (tertiary/aromatic N) is 4. The number of aryl methyl sites for hydroxylation is 1. The lowest BCUT2D eigenvalue weighted by Crippen LogP contribution is -2.57. The largest absolute Gasteiger partial charge is 0.381 e. The molecule has 1 aromatic heterocycles. The maximum absolute atomic E-state index is 13.6. The number of aromatic nitrogens is 2. The van der Waals surface area contributed by atoms with Crippen molar-refractivity contribution in [3.63, 3.8) is 0 Å². The second-order valence-corrected chi connectivity index (χ2v) is 8.57. The number of hydrogen-bond acceptors (Lipinski definition) is 5. The van der Waals surface area contributed by atoms with Crippen LogP contribution in [0.4, 0.5) is 0 Å². The van der Waals surface area contributed by atoms with Crippen LogP contribution in [0.3, 0.4) is 0 Å². The van der Waals surface area contributed by atoms with Gasteiger partial charge in [-0.05, 0) is 45.1 Å². The van der Waals surface area contributed by atoms with Gasteiger partial charge in [-0.2, -0.15) is 5.10 Å². The van der Waals surface area contributed by atoms with Gasteiger partial charge in [0.1, 0.15) is 5.54 Å². The molecular weight excluding hydrogens is 342 g/mol. The van der Waals surface area contributed by atoms with Crippen molar-refractivity contribution in [2.75, 3.05) is 33.4 Å². The molecule has 1 unspecified atom stereocenters. The highest BCUT2D eigenvalue weighted by Crippen LogP contribution is 2.39. The van der Waals surface area contributed by atoms with Crippen molar-refractivity contribution in [1.29, 1.82) is 0 Å². The van der Waals surface area contributed by atoms with E-state index in [1.807, 2.05) is 31.4 Å². The molecular formula is C20H33N5O2. The minimum atomic E-state index is -0.321. The average Bonchev–Trinajstić information content (AvgIpc) is 3.25. The third-order valence-corrected chi connectivity index (χ3v) is 6.51. The monoisotopic (exact) mass is 375 g/mol. The lowest BCUT2D eigenvalue weighted by molar-refractivity contribution is -0.144. The van der Waals surface area contributed by atoms with E-state index in [1.54, 1.807) is 4.68 Å². The van der Waals surface area contributed by atoms with Crippen molar-refractivity contribution >= 4 is 5.91 Å². The van der Waals surface area contributed by atoms with Crippen LogP contribution in [0.2, 0.25) is 0 Å². The zero-order chi connectivity index (χ0) is 18.9. The summed E-state index contributed by atoms with van der Waals surface area (Å²) in [4.78, 5) is 17.9. The first-order valence-corrected chi connectivity index (χ1v) is 10.4. The van der Waals surface area contributed by atoms with Crippen LogP contribution >= 0.6 is 0 Å². The van der Waals surface area contributed by atoms with Crippen LogP contribution in [0.25, 0.3) is 0 Å². The van der Waals surface area contributed by atoms with Crippen molar-refractivity contribution in [3.8, 4) is 0 Å². The molecule has 7 nitrogen and oxygen atoms in total. The molecule has 0 spiro atoms. The van der Waals surface area contributed by atoms with E-state index in [0.29, 0.717) is 18.6 Å². The number of nitrogens with one attached hydrogen (secondary N) is 1. The molecule has 3 fully saturated rings. The Bertz CT molecular complexity index is 657. The number of fused-ring (bicyclic) bond motifs is 1. The molecule has 0 radical (unpaired) electrons. The standard InChI is InChI=1S/C20H33N5O2/c1-23(13-16-12-21-24(2)14-16)19(26)20-7-3-4-8-25(20)15-18(11-20)22-17-5-9-27-10-6-17/h12,14,17-18,22H,3-11,13,15H2,1-2H3/t18?,20-/m0/s1. The highest BCUT2D eigenvalue weighted by molar-refractivity contribution is 5.87. The van der Waals surface area contributed by atoms with Gasteiger partial charge in [-0.15, -0.1) is 0 Å². The Morgan fingerprint density at radius 2 is 2.19 bits per heavy atom. The number of carbonyl (C=O) groups excluding carboxylic acids is 1. The average molecular weight is 376 g/mol. The normalized spacial score (nSPS) is 29.6. The highest BCUT2D eigenvalue weighted by Gasteiger charge is 2.53. The van der Waals surface area contributed by atoms with Gasteiger partial charge in [0.2, 0.25) is 5.91 Å². The minimum Gasteiger partial charge on any atom is -0.381 e. The predicted molar refractivity (Wildman–Crippen MR) is 103 cm³/mol. The molecule has 0 aliphatic carbocycles. The van der Waals surface area contributed by atoms with Gasteiger partial charge in [0.05, 0.1) is 6.20 Å². The Morgan fingerprint density at radius 3 is 2.93 bits per heavy atom. The first-order chi connectivity index (χ1) is 13.1. The lowest BCUT2D eigenvalue weighted by atomic mass is 9.84. The molecule has 1 N–H and O–H groups in total. The SMILES string of the molecule is CN(Cc1cnn(C)c1)C(=O)[C@@]12CCCCN1CC(NC1CCOCC1)C2. The summed E-state index contributed by atoms with van der Waals surface area (Å²) >= 11 is 0. The van der Waals surface area contributed by atoms with Crippen molar-refractivity contribution in [3.05, 3.63) is 18.0 Å². The van der Waals surface area contributed by atoms with Gasteiger partial charge in [-0.1, -0.05) is 0 Å². The molecule has 4 heterocycles. The number of likely N-dealkylation sites (N-methyl/N-ethyl adjacent to an activating group) is 1. The number of piperidine rings is 1. The van der Waals surface area contributed by atoms with Crippen LogP contribution in [-0.2, 0) is 23.1 Å². The number of rotatable bonds is 5. The van der Waals surface area contributed by atoms with Gasteiger partial charge >= 0.3 is 0 Å². The quantitative estimate of drug-likeness (QED) is 0.836. The molecule has 1 amide bonds. The summed E-state index contributed by atoms with van der Waals surface area (Å²) in [6.07, 6.45) is 10.3. The van der Waals surface area contributed by atoms with E-state index in [1.165, 1.54) is 6.42 Å². The summed E-state index contributed by atoms with van der Waals surface area (Å²) in [5, 5.41) is 8.07. The van der Waals surface area contributed by atoms with Gasteiger partial charge in [0.25, 0.3) is 0 Å². The Labute approximate surface area is 162 Å². The predicted octanol–water partition coefficient (Wildman–Crippen LogP) is 1.14. The van der Waals surface area contributed by atoms with Gasteiger partial charge in [0, 0.05) is 64.2 Å². The van der Waals surface area contributed by atoms with Crippen LogP contribution in [0.15, 0.2) is 12.4 Å². The van der Waals surface area contributed by atoms with Gasteiger partial charge in [-0.3, -0.25) is 14.4 Å². The summed E-state index contributed by atoms with van der Waals surface area (Å²) in [7, 11) is 3.85. The van der Waals surface area contributed by atoms with Crippen molar-refractivity contribution in [2.45, 2.75) is 62.7 Å². The van der Waals surface area contributed by atoms with Crippen LogP contribution in [0, 0.1) is 0 Å². The molecule has 150 valence electrons. The van der Waals surface area contributed by atoms with Gasteiger partial charge in [0.15, 0.2) is 0 Å². The van der Waals surface area contributed by atoms with E-state index in [4.69, 9.17) is 4.74 Å². The summed E-state index contributed by atoms with van der Waals surface area (Å²) < 4.78 is 7.28. The van der Waals surface area contributed by atoms with Crippen molar-refractivity contribution in [2.24, 2.45) is 7.05 Å². The van der Waals surface area contributed by atoms with E-state index in [2.05, 4.69) is 15.3 Å². The molecule has 27 heavy (non-hydrogen) atoms. The first-order valence-electron chi connectivity index (χ1n) is 10.4. The maximum atomic E-state index is 13.6. The van der Waals surface area contributed by atoms with Crippen LogP contribution in [-0.4, -0.2) is 76.5 Å².